The molecule has 25 heavy (non-hydrogen) atoms. The second-order valence-electron chi connectivity index (χ2n) is 5.44. The smallest absolute Gasteiger partial charge is 0.303 e. The molecule has 3 aromatic rings. The van der Waals surface area contributed by atoms with Gasteiger partial charge in [-0.2, -0.15) is 0 Å². The average molecular weight is 356 g/mol. The number of hydrogen-bond donors (Lipinski definition) is 3. The largest absolute Gasteiger partial charge is 0.466 e. The summed E-state index contributed by atoms with van der Waals surface area (Å²) in [5.41, 5.74) is 6.63. The van der Waals surface area contributed by atoms with Crippen molar-refractivity contribution < 1.29 is 19.2 Å². The standard InChI is InChI=1S/C20H18.H3O4P/c1-2-16-10-6-7-13-18(16)20-15-9-8-14-19(20)17-11-4-3-5-12-17;1-5(2,3)4/h3-15H,2H2,1H3;(H3,1,2,3,4). The summed E-state index contributed by atoms with van der Waals surface area (Å²) in [6.45, 7) is 2.21. The molecule has 0 heterocycles. The fourth-order valence-corrected chi connectivity index (χ4v) is 2.68. The van der Waals surface area contributed by atoms with Crippen molar-refractivity contribution in [3.05, 3.63) is 84.4 Å². The van der Waals surface area contributed by atoms with E-state index in [0.29, 0.717) is 0 Å². The summed E-state index contributed by atoms with van der Waals surface area (Å²) >= 11 is 0. The van der Waals surface area contributed by atoms with Gasteiger partial charge in [0.25, 0.3) is 0 Å². The summed E-state index contributed by atoms with van der Waals surface area (Å²) in [5.74, 6) is 0. The number of aryl methyl sites for hydroxylation is 1. The van der Waals surface area contributed by atoms with Gasteiger partial charge in [-0.05, 0) is 34.2 Å². The molecule has 0 fully saturated rings. The monoisotopic (exact) mass is 356 g/mol. The van der Waals surface area contributed by atoms with Crippen molar-refractivity contribution in [1.82, 2.24) is 0 Å². The topological polar surface area (TPSA) is 77.8 Å². The van der Waals surface area contributed by atoms with Crippen molar-refractivity contribution >= 4 is 7.82 Å². The Hall–Kier alpha value is -2.23. The molecule has 0 saturated carbocycles. The van der Waals surface area contributed by atoms with Crippen LogP contribution >= 0.6 is 7.82 Å². The Kier molecular flexibility index (Phi) is 6.68. The maximum Gasteiger partial charge on any atom is 0.466 e. The Morgan fingerprint density at radius 3 is 1.68 bits per heavy atom. The van der Waals surface area contributed by atoms with Gasteiger partial charge in [-0.15, -0.1) is 0 Å². The zero-order valence-electron chi connectivity index (χ0n) is 13.9. The van der Waals surface area contributed by atoms with Crippen LogP contribution in [0.15, 0.2) is 78.9 Å². The van der Waals surface area contributed by atoms with E-state index in [2.05, 4.69) is 85.8 Å². The second kappa shape index (κ2) is 8.75. The van der Waals surface area contributed by atoms with Crippen molar-refractivity contribution in [1.29, 1.82) is 0 Å². The van der Waals surface area contributed by atoms with Gasteiger partial charge in [0.1, 0.15) is 0 Å². The molecule has 0 amide bonds. The molecule has 0 bridgehead atoms. The Labute approximate surface area is 147 Å². The predicted octanol–water partition coefficient (Wildman–Crippen LogP) is 4.65. The normalized spacial score (nSPS) is 10.7. The highest BCUT2D eigenvalue weighted by molar-refractivity contribution is 7.45. The van der Waals surface area contributed by atoms with Gasteiger partial charge in [0, 0.05) is 0 Å². The Balaban J connectivity index is 0.000000399. The van der Waals surface area contributed by atoms with E-state index in [1.165, 1.54) is 27.8 Å². The molecule has 0 radical (unpaired) electrons. The summed E-state index contributed by atoms with van der Waals surface area (Å²) in [7, 11) is -4.64. The number of hydrogen-bond acceptors (Lipinski definition) is 1. The van der Waals surface area contributed by atoms with Crippen LogP contribution in [0, 0.1) is 0 Å². The van der Waals surface area contributed by atoms with E-state index in [0.717, 1.165) is 6.42 Å². The highest BCUT2D eigenvalue weighted by Gasteiger charge is 2.09. The summed E-state index contributed by atoms with van der Waals surface area (Å²) in [4.78, 5) is 21.6. The molecule has 0 unspecified atom stereocenters. The molecular weight excluding hydrogens is 335 g/mol. The third kappa shape index (κ3) is 5.96. The van der Waals surface area contributed by atoms with Crippen LogP contribution in [0.1, 0.15) is 12.5 Å². The molecule has 3 N–H and O–H groups in total. The Morgan fingerprint density at radius 2 is 1.12 bits per heavy atom. The van der Waals surface area contributed by atoms with E-state index in [9.17, 15) is 0 Å². The average Bonchev–Trinajstić information content (AvgIpc) is 2.61. The van der Waals surface area contributed by atoms with Gasteiger partial charge in [0.05, 0.1) is 0 Å². The van der Waals surface area contributed by atoms with Gasteiger partial charge >= 0.3 is 7.82 Å². The number of rotatable bonds is 3. The van der Waals surface area contributed by atoms with Crippen LogP contribution in [0.5, 0.6) is 0 Å². The number of phosphoric acid groups is 1. The lowest BCUT2D eigenvalue weighted by Gasteiger charge is -2.13. The minimum absolute atomic E-state index is 1.05. The molecule has 0 spiro atoms. The molecule has 130 valence electrons. The van der Waals surface area contributed by atoms with Crippen LogP contribution in [0.4, 0.5) is 0 Å². The third-order valence-electron chi connectivity index (χ3n) is 3.70. The van der Waals surface area contributed by atoms with Gasteiger partial charge in [-0.25, -0.2) is 4.57 Å². The van der Waals surface area contributed by atoms with Crippen LogP contribution in [0.3, 0.4) is 0 Å². The molecule has 3 aromatic carbocycles. The lowest BCUT2D eigenvalue weighted by molar-refractivity contribution is 0.275. The quantitative estimate of drug-likeness (QED) is 0.597. The molecule has 0 aliphatic rings. The summed E-state index contributed by atoms with van der Waals surface area (Å²) in [6.07, 6.45) is 1.05. The van der Waals surface area contributed by atoms with Crippen LogP contribution in [-0.4, -0.2) is 14.7 Å². The van der Waals surface area contributed by atoms with Crippen molar-refractivity contribution in [2.45, 2.75) is 13.3 Å². The maximum atomic E-state index is 8.88. The second-order valence-corrected chi connectivity index (χ2v) is 6.46. The molecular formula is C20H21O4P. The minimum Gasteiger partial charge on any atom is -0.303 e. The minimum atomic E-state index is -4.64. The van der Waals surface area contributed by atoms with Crippen LogP contribution < -0.4 is 0 Å². The van der Waals surface area contributed by atoms with Crippen molar-refractivity contribution in [2.24, 2.45) is 0 Å². The van der Waals surface area contributed by atoms with Crippen molar-refractivity contribution in [3.8, 4) is 22.3 Å². The summed E-state index contributed by atoms with van der Waals surface area (Å²) < 4.78 is 8.88. The van der Waals surface area contributed by atoms with E-state index in [-0.39, 0.29) is 0 Å². The number of benzene rings is 3. The first kappa shape index (κ1) is 19.1. The lowest BCUT2D eigenvalue weighted by atomic mass is 9.91. The Bertz CT molecular complexity index is 848. The van der Waals surface area contributed by atoms with E-state index in [1.807, 2.05) is 0 Å². The molecule has 0 saturated heterocycles. The van der Waals surface area contributed by atoms with Crippen LogP contribution in [0.2, 0.25) is 0 Å². The first-order valence-corrected chi connectivity index (χ1v) is 9.47. The molecule has 0 atom stereocenters. The molecule has 0 aliphatic carbocycles. The molecule has 0 aromatic heterocycles. The van der Waals surface area contributed by atoms with Gasteiger partial charge in [0.15, 0.2) is 0 Å². The molecule has 0 aliphatic heterocycles. The summed E-state index contributed by atoms with van der Waals surface area (Å²) in [5, 5.41) is 0. The van der Waals surface area contributed by atoms with Crippen LogP contribution in [0.25, 0.3) is 22.3 Å². The third-order valence-corrected chi connectivity index (χ3v) is 3.70. The van der Waals surface area contributed by atoms with E-state index in [4.69, 9.17) is 19.2 Å². The highest BCUT2D eigenvalue weighted by atomic mass is 31.2. The van der Waals surface area contributed by atoms with Gasteiger partial charge < -0.3 is 14.7 Å². The maximum absolute atomic E-state index is 8.88. The summed E-state index contributed by atoms with van der Waals surface area (Å²) in [6, 6.07) is 27.9. The first-order valence-electron chi connectivity index (χ1n) is 7.91. The van der Waals surface area contributed by atoms with E-state index in [1.54, 1.807) is 0 Å². The van der Waals surface area contributed by atoms with E-state index < -0.39 is 7.82 Å². The van der Waals surface area contributed by atoms with Crippen LogP contribution in [-0.2, 0) is 11.0 Å². The fourth-order valence-electron chi connectivity index (χ4n) is 2.68. The van der Waals surface area contributed by atoms with Gasteiger partial charge in [-0.1, -0.05) is 85.8 Å². The lowest BCUT2D eigenvalue weighted by Crippen LogP contribution is -1.90. The van der Waals surface area contributed by atoms with Crippen molar-refractivity contribution in [2.75, 3.05) is 0 Å². The van der Waals surface area contributed by atoms with Gasteiger partial charge in [-0.3, -0.25) is 0 Å². The first-order chi connectivity index (χ1) is 11.9. The predicted molar refractivity (Wildman–Crippen MR) is 101 cm³/mol. The fraction of sp³-hybridized carbons (Fsp3) is 0.100. The van der Waals surface area contributed by atoms with E-state index >= 15 is 0 Å². The molecule has 4 nitrogen and oxygen atoms in total. The SMILES string of the molecule is CCc1ccccc1-c1ccccc1-c1ccccc1.O=P(O)(O)O. The molecule has 5 heteroatoms. The highest BCUT2D eigenvalue weighted by Crippen LogP contribution is 2.33. The van der Waals surface area contributed by atoms with Crippen molar-refractivity contribution in [3.63, 3.8) is 0 Å². The molecule has 3 rings (SSSR count). The zero-order chi connectivity index (χ0) is 18.3. The Morgan fingerprint density at radius 1 is 0.680 bits per heavy atom. The van der Waals surface area contributed by atoms with Gasteiger partial charge in [0.2, 0.25) is 0 Å². The zero-order valence-corrected chi connectivity index (χ0v) is 14.8.